The Morgan fingerprint density at radius 3 is 2.71 bits per heavy atom. The summed E-state index contributed by atoms with van der Waals surface area (Å²) >= 11 is 0. The molecule has 0 saturated carbocycles. The normalized spacial score (nSPS) is 21.0. The van der Waals surface area contributed by atoms with Crippen LogP contribution in [0.1, 0.15) is 50.5 Å². The van der Waals surface area contributed by atoms with Crippen LogP contribution in [-0.2, 0) is 16.0 Å². The first kappa shape index (κ1) is 20.8. The highest BCUT2D eigenvalue weighted by atomic mass is 16.2. The molecule has 2 aliphatic rings. The van der Waals surface area contributed by atoms with Crippen LogP contribution in [0.2, 0.25) is 0 Å². The lowest BCUT2D eigenvalue weighted by molar-refractivity contribution is -0.136. The van der Waals surface area contributed by atoms with Crippen LogP contribution in [0.15, 0.2) is 30.3 Å². The molecule has 1 aromatic rings. The predicted octanol–water partition coefficient (Wildman–Crippen LogP) is 2.94. The van der Waals surface area contributed by atoms with Crippen molar-refractivity contribution in [2.45, 2.75) is 57.4 Å². The summed E-state index contributed by atoms with van der Waals surface area (Å²) in [5.74, 6) is 0.387. The zero-order valence-corrected chi connectivity index (χ0v) is 17.3. The van der Waals surface area contributed by atoms with E-state index in [1.807, 2.05) is 16.8 Å². The van der Waals surface area contributed by atoms with Gasteiger partial charge in [-0.3, -0.25) is 9.59 Å². The van der Waals surface area contributed by atoms with Crippen LogP contribution in [-0.4, -0.2) is 72.3 Å². The summed E-state index contributed by atoms with van der Waals surface area (Å²) in [5.41, 5.74) is 1.40. The van der Waals surface area contributed by atoms with Crippen LogP contribution in [0.5, 0.6) is 0 Å². The van der Waals surface area contributed by atoms with Crippen molar-refractivity contribution in [3.05, 3.63) is 35.9 Å². The first-order chi connectivity index (χ1) is 13.6. The van der Waals surface area contributed by atoms with Gasteiger partial charge in [0.05, 0.1) is 0 Å². The fraction of sp³-hybridized carbons (Fsp3) is 0.652. The van der Waals surface area contributed by atoms with E-state index in [0.29, 0.717) is 25.4 Å². The summed E-state index contributed by atoms with van der Waals surface area (Å²) in [6.45, 7) is 4.59. The van der Waals surface area contributed by atoms with E-state index < -0.39 is 0 Å². The van der Waals surface area contributed by atoms with Gasteiger partial charge in [0.15, 0.2) is 0 Å². The molecular formula is C23H35N3O2. The second-order valence-electron chi connectivity index (χ2n) is 8.28. The molecule has 0 aliphatic carbocycles. The van der Waals surface area contributed by atoms with Gasteiger partial charge in [-0.2, -0.15) is 0 Å². The van der Waals surface area contributed by atoms with Crippen molar-refractivity contribution < 1.29 is 9.59 Å². The average molecular weight is 386 g/mol. The molecule has 1 aromatic carbocycles. The summed E-state index contributed by atoms with van der Waals surface area (Å²) in [6.07, 6.45) is 7.66. The van der Waals surface area contributed by atoms with Gasteiger partial charge >= 0.3 is 0 Å². The second kappa shape index (κ2) is 10.6. The third-order valence-corrected chi connectivity index (χ3v) is 6.22. The number of benzene rings is 1. The van der Waals surface area contributed by atoms with Crippen LogP contribution in [0.25, 0.3) is 0 Å². The SMILES string of the molecule is CN(C(=O)CCN1CCCCC1=O)C1CCCN(CCCc2ccccc2)C1. The number of aryl methyl sites for hydroxylation is 1. The number of rotatable bonds is 8. The molecule has 2 heterocycles. The Morgan fingerprint density at radius 2 is 1.93 bits per heavy atom. The molecule has 154 valence electrons. The predicted molar refractivity (Wildman–Crippen MR) is 112 cm³/mol. The number of amides is 2. The number of hydrogen-bond acceptors (Lipinski definition) is 3. The van der Waals surface area contributed by atoms with Gasteiger partial charge < -0.3 is 14.7 Å². The van der Waals surface area contributed by atoms with E-state index in [4.69, 9.17) is 0 Å². The Labute approximate surface area is 169 Å². The summed E-state index contributed by atoms with van der Waals surface area (Å²) in [4.78, 5) is 30.9. The zero-order valence-electron chi connectivity index (χ0n) is 17.3. The molecule has 28 heavy (non-hydrogen) atoms. The molecule has 2 fully saturated rings. The van der Waals surface area contributed by atoms with Crippen molar-refractivity contribution in [2.24, 2.45) is 0 Å². The van der Waals surface area contributed by atoms with Crippen LogP contribution >= 0.6 is 0 Å². The van der Waals surface area contributed by atoms with Crippen LogP contribution < -0.4 is 0 Å². The number of hydrogen-bond donors (Lipinski definition) is 0. The highest BCUT2D eigenvalue weighted by molar-refractivity contribution is 5.79. The molecule has 1 unspecified atom stereocenters. The minimum Gasteiger partial charge on any atom is -0.342 e. The number of piperidine rings is 2. The minimum absolute atomic E-state index is 0.175. The molecule has 2 saturated heterocycles. The third kappa shape index (κ3) is 6.06. The lowest BCUT2D eigenvalue weighted by Crippen LogP contribution is -2.49. The Kier molecular flexibility index (Phi) is 7.90. The van der Waals surface area contributed by atoms with Gasteiger partial charge in [0.1, 0.15) is 0 Å². The molecule has 0 spiro atoms. The summed E-state index contributed by atoms with van der Waals surface area (Å²) in [6, 6.07) is 11.0. The summed E-state index contributed by atoms with van der Waals surface area (Å²) in [7, 11) is 1.94. The van der Waals surface area contributed by atoms with Crippen molar-refractivity contribution in [1.82, 2.24) is 14.7 Å². The van der Waals surface area contributed by atoms with E-state index >= 15 is 0 Å². The first-order valence-corrected chi connectivity index (χ1v) is 10.9. The molecule has 0 radical (unpaired) electrons. The first-order valence-electron chi connectivity index (χ1n) is 10.9. The Balaban J connectivity index is 1.39. The molecule has 0 N–H and O–H groups in total. The molecule has 3 rings (SSSR count). The third-order valence-electron chi connectivity index (χ3n) is 6.22. The van der Waals surface area contributed by atoms with Crippen LogP contribution in [0.3, 0.4) is 0 Å². The molecular weight excluding hydrogens is 350 g/mol. The maximum absolute atomic E-state index is 12.7. The number of likely N-dealkylation sites (N-methyl/N-ethyl adjacent to an activating group) is 1. The van der Waals surface area contributed by atoms with E-state index in [9.17, 15) is 9.59 Å². The van der Waals surface area contributed by atoms with Crippen LogP contribution in [0, 0.1) is 0 Å². The zero-order chi connectivity index (χ0) is 19.8. The molecule has 5 heteroatoms. The molecule has 1 atom stereocenters. The van der Waals surface area contributed by atoms with E-state index in [1.165, 1.54) is 5.56 Å². The standard InChI is InChI=1S/C23H35N3O2/c1-24(22(27)14-18-26-17-6-5-13-23(26)28)21-12-8-16-25(19-21)15-7-11-20-9-3-2-4-10-20/h2-4,9-10,21H,5-8,11-19H2,1H3. The quantitative estimate of drug-likeness (QED) is 0.691. The number of carbonyl (C=O) groups excluding carboxylic acids is 2. The van der Waals surface area contributed by atoms with E-state index in [2.05, 4.69) is 35.2 Å². The molecule has 2 aliphatic heterocycles. The van der Waals surface area contributed by atoms with Crippen molar-refractivity contribution in [2.75, 3.05) is 39.8 Å². The summed E-state index contributed by atoms with van der Waals surface area (Å²) in [5, 5.41) is 0. The molecule has 0 aromatic heterocycles. The van der Waals surface area contributed by atoms with Crippen molar-refractivity contribution in [3.63, 3.8) is 0 Å². The fourth-order valence-electron chi connectivity index (χ4n) is 4.41. The lowest BCUT2D eigenvalue weighted by atomic mass is 10.0. The smallest absolute Gasteiger partial charge is 0.224 e. The van der Waals surface area contributed by atoms with E-state index in [1.54, 1.807) is 0 Å². The number of nitrogens with zero attached hydrogens (tertiary/aromatic N) is 3. The maximum atomic E-state index is 12.7. The maximum Gasteiger partial charge on any atom is 0.224 e. The molecule has 2 amide bonds. The Morgan fingerprint density at radius 1 is 1.11 bits per heavy atom. The Hall–Kier alpha value is -1.88. The summed E-state index contributed by atoms with van der Waals surface area (Å²) < 4.78 is 0. The second-order valence-corrected chi connectivity index (χ2v) is 8.28. The fourth-order valence-corrected chi connectivity index (χ4v) is 4.41. The van der Waals surface area contributed by atoms with E-state index in [0.717, 1.165) is 64.7 Å². The van der Waals surface area contributed by atoms with Gasteiger partial charge in [0, 0.05) is 45.6 Å². The Bertz CT molecular complexity index is 634. The van der Waals surface area contributed by atoms with Gasteiger partial charge in [-0.1, -0.05) is 30.3 Å². The van der Waals surface area contributed by atoms with Crippen molar-refractivity contribution in [3.8, 4) is 0 Å². The largest absolute Gasteiger partial charge is 0.342 e. The van der Waals surface area contributed by atoms with E-state index in [-0.39, 0.29) is 11.8 Å². The van der Waals surface area contributed by atoms with Crippen molar-refractivity contribution >= 4 is 11.8 Å². The van der Waals surface area contributed by atoms with Gasteiger partial charge in [0.2, 0.25) is 11.8 Å². The van der Waals surface area contributed by atoms with Gasteiger partial charge in [0.25, 0.3) is 0 Å². The number of carbonyl (C=O) groups is 2. The van der Waals surface area contributed by atoms with Gasteiger partial charge in [-0.25, -0.2) is 0 Å². The molecule has 5 nitrogen and oxygen atoms in total. The average Bonchev–Trinajstić information content (AvgIpc) is 2.73. The number of likely N-dealkylation sites (tertiary alicyclic amines) is 2. The minimum atomic E-state index is 0.175. The van der Waals surface area contributed by atoms with Gasteiger partial charge in [-0.15, -0.1) is 0 Å². The van der Waals surface area contributed by atoms with Crippen LogP contribution in [0.4, 0.5) is 0 Å². The van der Waals surface area contributed by atoms with Gasteiger partial charge in [-0.05, 0) is 57.2 Å². The molecule has 0 bridgehead atoms. The monoisotopic (exact) mass is 385 g/mol. The lowest BCUT2D eigenvalue weighted by Gasteiger charge is -2.38. The highest BCUT2D eigenvalue weighted by Gasteiger charge is 2.26. The van der Waals surface area contributed by atoms with Crippen molar-refractivity contribution in [1.29, 1.82) is 0 Å². The topological polar surface area (TPSA) is 43.9 Å². The highest BCUT2D eigenvalue weighted by Crippen LogP contribution is 2.17.